The predicted molar refractivity (Wildman–Crippen MR) is 109 cm³/mol. The van der Waals surface area contributed by atoms with Crippen LogP contribution in [0.2, 0.25) is 0 Å². The van der Waals surface area contributed by atoms with Crippen LogP contribution in [-0.4, -0.2) is 24.7 Å². The van der Waals surface area contributed by atoms with E-state index in [1.54, 1.807) is 29.9 Å². The summed E-state index contributed by atoms with van der Waals surface area (Å²) in [4.78, 5) is 14.3. The monoisotopic (exact) mass is 405 g/mol. The molecular formula is C20H15N5O3S. The standard InChI is InChI=1S/C20H15N5O3S/c26-25(27)18-9-8-17(28-18)10-12-29-20-23-22-19(16-7-4-11-21-13-16)24(20)14-15-5-2-1-3-6-15/h1-13H,14H2/b12-10+. The van der Waals surface area contributed by atoms with Gasteiger partial charge in [0.25, 0.3) is 0 Å². The summed E-state index contributed by atoms with van der Waals surface area (Å²) >= 11 is 1.35. The lowest BCUT2D eigenvalue weighted by Crippen LogP contribution is -2.03. The number of benzene rings is 1. The third kappa shape index (κ3) is 4.41. The molecule has 0 aliphatic carbocycles. The Morgan fingerprint density at radius 2 is 1.97 bits per heavy atom. The molecule has 0 saturated heterocycles. The van der Waals surface area contributed by atoms with Crippen LogP contribution in [0.15, 0.2) is 82.0 Å². The van der Waals surface area contributed by atoms with Crippen molar-refractivity contribution in [1.29, 1.82) is 0 Å². The van der Waals surface area contributed by atoms with Gasteiger partial charge in [-0.05, 0) is 35.2 Å². The fourth-order valence-electron chi connectivity index (χ4n) is 2.68. The molecule has 0 radical (unpaired) electrons. The molecule has 4 rings (SSSR count). The van der Waals surface area contributed by atoms with Crippen LogP contribution in [0.4, 0.5) is 5.88 Å². The van der Waals surface area contributed by atoms with Crippen molar-refractivity contribution >= 4 is 23.7 Å². The first-order valence-corrected chi connectivity index (χ1v) is 9.53. The van der Waals surface area contributed by atoms with Crippen molar-refractivity contribution in [2.75, 3.05) is 0 Å². The molecule has 0 unspecified atom stereocenters. The molecule has 0 aliphatic rings. The van der Waals surface area contributed by atoms with E-state index >= 15 is 0 Å². The SMILES string of the molecule is O=[N+]([O-])c1ccc(/C=C/Sc2nnc(-c3cccnc3)n2Cc2ccccc2)o1. The van der Waals surface area contributed by atoms with Gasteiger partial charge in [-0.25, -0.2) is 0 Å². The van der Waals surface area contributed by atoms with Gasteiger partial charge in [-0.2, -0.15) is 0 Å². The Hall–Kier alpha value is -3.72. The molecule has 29 heavy (non-hydrogen) atoms. The van der Waals surface area contributed by atoms with Crippen LogP contribution in [-0.2, 0) is 6.54 Å². The Morgan fingerprint density at radius 3 is 2.69 bits per heavy atom. The van der Waals surface area contributed by atoms with Crippen molar-refractivity contribution in [3.63, 3.8) is 0 Å². The Labute approximate surface area is 170 Å². The molecule has 0 saturated carbocycles. The van der Waals surface area contributed by atoms with Gasteiger partial charge in [0.1, 0.15) is 10.7 Å². The number of thioether (sulfide) groups is 1. The zero-order valence-electron chi connectivity index (χ0n) is 15.1. The minimum atomic E-state index is -0.568. The van der Waals surface area contributed by atoms with Crippen LogP contribution >= 0.6 is 11.8 Å². The van der Waals surface area contributed by atoms with E-state index in [0.29, 0.717) is 23.3 Å². The highest BCUT2D eigenvalue weighted by Gasteiger charge is 2.15. The van der Waals surface area contributed by atoms with Gasteiger partial charge in [-0.3, -0.25) is 19.7 Å². The van der Waals surface area contributed by atoms with Gasteiger partial charge in [0.05, 0.1) is 12.6 Å². The molecule has 3 aromatic heterocycles. The summed E-state index contributed by atoms with van der Waals surface area (Å²) in [6.07, 6.45) is 5.11. The summed E-state index contributed by atoms with van der Waals surface area (Å²) < 4.78 is 7.14. The summed E-state index contributed by atoms with van der Waals surface area (Å²) in [7, 11) is 0. The minimum Gasteiger partial charge on any atom is -0.401 e. The quantitative estimate of drug-likeness (QED) is 0.250. The van der Waals surface area contributed by atoms with Crippen LogP contribution in [0.5, 0.6) is 0 Å². The first-order valence-electron chi connectivity index (χ1n) is 8.65. The Morgan fingerprint density at radius 1 is 1.10 bits per heavy atom. The molecule has 0 N–H and O–H groups in total. The number of hydrogen-bond donors (Lipinski definition) is 0. The molecule has 4 aromatic rings. The van der Waals surface area contributed by atoms with Gasteiger partial charge >= 0.3 is 5.88 Å². The second-order valence-corrected chi connectivity index (χ2v) is 6.85. The van der Waals surface area contributed by atoms with Crippen molar-refractivity contribution in [2.24, 2.45) is 0 Å². The highest BCUT2D eigenvalue weighted by atomic mass is 32.2. The zero-order valence-corrected chi connectivity index (χ0v) is 15.9. The number of aromatic nitrogens is 4. The Balaban J connectivity index is 1.61. The number of rotatable bonds is 7. The minimum absolute atomic E-state index is 0.291. The van der Waals surface area contributed by atoms with Crippen molar-refractivity contribution in [3.8, 4) is 11.4 Å². The first-order chi connectivity index (χ1) is 14.2. The maximum atomic E-state index is 10.7. The molecule has 0 atom stereocenters. The highest BCUT2D eigenvalue weighted by molar-refractivity contribution is 8.02. The number of pyridine rings is 1. The summed E-state index contributed by atoms with van der Waals surface area (Å²) in [6.45, 7) is 0.598. The molecule has 0 bridgehead atoms. The van der Waals surface area contributed by atoms with Crippen LogP contribution in [0.3, 0.4) is 0 Å². The van der Waals surface area contributed by atoms with E-state index in [4.69, 9.17) is 4.42 Å². The topological polar surface area (TPSA) is 99.9 Å². The number of hydrogen-bond acceptors (Lipinski definition) is 7. The second-order valence-electron chi connectivity index (χ2n) is 5.97. The van der Waals surface area contributed by atoms with Crippen LogP contribution in [0, 0.1) is 10.1 Å². The lowest BCUT2D eigenvalue weighted by atomic mass is 10.2. The van der Waals surface area contributed by atoms with Crippen molar-refractivity contribution in [2.45, 2.75) is 11.7 Å². The van der Waals surface area contributed by atoms with Crippen molar-refractivity contribution in [3.05, 3.63) is 93.8 Å². The van der Waals surface area contributed by atoms with Crippen LogP contribution in [0.1, 0.15) is 11.3 Å². The summed E-state index contributed by atoms with van der Waals surface area (Å²) in [5.41, 5.74) is 1.98. The van der Waals surface area contributed by atoms with E-state index in [1.165, 1.54) is 17.8 Å². The van der Waals surface area contributed by atoms with Gasteiger partial charge in [0, 0.05) is 18.0 Å². The lowest BCUT2D eigenvalue weighted by Gasteiger charge is -2.09. The predicted octanol–water partition coefficient (Wildman–Crippen LogP) is 4.65. The third-order valence-corrected chi connectivity index (χ3v) is 4.80. The average molecular weight is 405 g/mol. The normalized spacial score (nSPS) is 11.2. The molecule has 3 heterocycles. The third-order valence-electron chi connectivity index (χ3n) is 4.02. The van der Waals surface area contributed by atoms with Gasteiger partial charge < -0.3 is 4.42 Å². The molecule has 0 spiro atoms. The molecular weight excluding hydrogens is 390 g/mol. The van der Waals surface area contributed by atoms with Gasteiger partial charge in [-0.15, -0.1) is 10.2 Å². The molecule has 0 amide bonds. The number of furan rings is 1. The smallest absolute Gasteiger partial charge is 0.401 e. The fourth-order valence-corrected chi connectivity index (χ4v) is 3.37. The fraction of sp³-hybridized carbons (Fsp3) is 0.0500. The number of nitro groups is 1. The molecule has 8 nitrogen and oxygen atoms in total. The maximum absolute atomic E-state index is 10.7. The highest BCUT2D eigenvalue weighted by Crippen LogP contribution is 2.26. The molecule has 0 aliphatic heterocycles. The second kappa shape index (κ2) is 8.53. The molecule has 1 aromatic carbocycles. The summed E-state index contributed by atoms with van der Waals surface area (Å²) in [6, 6.07) is 16.7. The van der Waals surface area contributed by atoms with E-state index in [9.17, 15) is 10.1 Å². The Kier molecular flexibility index (Phi) is 5.48. The van der Waals surface area contributed by atoms with Crippen molar-refractivity contribution in [1.82, 2.24) is 19.7 Å². The van der Waals surface area contributed by atoms with E-state index in [2.05, 4.69) is 15.2 Å². The summed E-state index contributed by atoms with van der Waals surface area (Å²) in [5.74, 6) is 0.818. The van der Waals surface area contributed by atoms with Gasteiger partial charge in [0.2, 0.25) is 0 Å². The maximum Gasteiger partial charge on any atom is 0.433 e. The van der Waals surface area contributed by atoms with E-state index < -0.39 is 4.92 Å². The molecule has 0 fully saturated rings. The largest absolute Gasteiger partial charge is 0.433 e. The lowest BCUT2D eigenvalue weighted by molar-refractivity contribution is -0.402. The van der Waals surface area contributed by atoms with E-state index in [0.717, 1.165) is 11.1 Å². The van der Waals surface area contributed by atoms with Crippen LogP contribution < -0.4 is 0 Å². The first kappa shape index (κ1) is 18.6. The molecule has 9 heteroatoms. The Bertz CT molecular complexity index is 1140. The zero-order chi connectivity index (χ0) is 20.1. The van der Waals surface area contributed by atoms with E-state index in [1.807, 2.05) is 47.0 Å². The van der Waals surface area contributed by atoms with E-state index in [-0.39, 0.29) is 5.88 Å². The van der Waals surface area contributed by atoms with Gasteiger partial charge in [0.15, 0.2) is 11.0 Å². The average Bonchev–Trinajstić information content (AvgIpc) is 3.37. The summed E-state index contributed by atoms with van der Waals surface area (Å²) in [5, 5.41) is 21.8. The molecule has 144 valence electrons. The van der Waals surface area contributed by atoms with Crippen LogP contribution in [0.25, 0.3) is 17.5 Å². The van der Waals surface area contributed by atoms with Crippen molar-refractivity contribution < 1.29 is 9.34 Å². The number of nitrogens with zero attached hydrogens (tertiary/aromatic N) is 5. The van der Waals surface area contributed by atoms with Gasteiger partial charge in [-0.1, -0.05) is 42.1 Å².